The lowest BCUT2D eigenvalue weighted by atomic mass is 9.44. The van der Waals surface area contributed by atoms with Crippen molar-refractivity contribution in [2.24, 2.45) is 46.3 Å². The highest BCUT2D eigenvalue weighted by Gasteiger charge is 2.61. The Labute approximate surface area is 238 Å². The number of aliphatic hydroxyl groups excluding tert-OH is 3. The van der Waals surface area contributed by atoms with E-state index in [1.807, 2.05) is 6.92 Å². The number of hydrogen-bond acceptors (Lipinski definition) is 7. The van der Waals surface area contributed by atoms with Crippen molar-refractivity contribution in [3.63, 3.8) is 0 Å². The first-order valence-corrected chi connectivity index (χ1v) is 14.5. The summed E-state index contributed by atoms with van der Waals surface area (Å²) in [5.74, 6) is -1.96. The molecule has 0 bridgehead atoms. The molecule has 0 spiro atoms. The number of fused-ring (bicyclic) bond motifs is 5. The minimum Gasteiger partial charge on any atom is -0.481 e. The molecule has 39 heavy (non-hydrogen) atoms. The molecule has 0 aromatic carbocycles. The number of carboxylic acid groups (broad SMARTS) is 2. The molecular weight excluding hydrogens is 504 g/mol. The van der Waals surface area contributed by atoms with E-state index in [-0.39, 0.29) is 36.0 Å². The lowest BCUT2D eigenvalue weighted by Gasteiger charge is -2.61. The number of hydrogen-bond donors (Lipinski definition) is 5. The molecule has 0 unspecified atom stereocenters. The maximum absolute atomic E-state index is 11.6. The average Bonchev–Trinajstić information content (AvgIpc) is 3.28. The third-order valence-electron chi connectivity index (χ3n) is 11.4. The normalized spacial score (nSPS) is 56.7. The molecule has 4 saturated carbocycles. The van der Waals surface area contributed by atoms with Crippen LogP contribution in [0.1, 0.15) is 98.2 Å². The van der Waals surface area contributed by atoms with Crippen LogP contribution in [0.2, 0.25) is 0 Å². The molecule has 5 N–H and O–H groups in total. The Morgan fingerprint density at radius 1 is 1.00 bits per heavy atom. The summed E-state index contributed by atoms with van der Waals surface area (Å²) in [7, 11) is 0. The highest BCUT2D eigenvalue weighted by atomic mass is 16.7. The molecule has 5 rings (SSSR count). The molecule has 4 aliphatic carbocycles. The lowest BCUT2D eigenvalue weighted by Crippen LogP contribution is -2.61. The summed E-state index contributed by atoms with van der Waals surface area (Å²) in [5.41, 5.74) is -0.790. The van der Waals surface area contributed by atoms with Crippen LogP contribution in [0.15, 0.2) is 0 Å². The highest BCUT2D eigenvalue weighted by Crippen LogP contribution is 2.68. The molecule has 14 atom stereocenters. The fraction of sp³-hybridized carbons (Fsp3) is 0.933. The van der Waals surface area contributed by atoms with Gasteiger partial charge in [-0.05, 0) is 110 Å². The molecule has 5 fully saturated rings. The summed E-state index contributed by atoms with van der Waals surface area (Å²) < 4.78 is 56.6. The van der Waals surface area contributed by atoms with Gasteiger partial charge in [-0.15, -0.1) is 0 Å². The minimum absolute atomic E-state index is 0.00646. The van der Waals surface area contributed by atoms with Crippen LogP contribution in [0.4, 0.5) is 0 Å². The van der Waals surface area contributed by atoms with Crippen molar-refractivity contribution >= 4 is 11.9 Å². The maximum Gasteiger partial charge on any atom is 0.335 e. The van der Waals surface area contributed by atoms with Crippen LogP contribution in [-0.4, -0.2) is 74.3 Å². The number of ether oxygens (including phenoxy) is 2. The van der Waals surface area contributed by atoms with Gasteiger partial charge < -0.3 is 35.0 Å². The van der Waals surface area contributed by atoms with Crippen LogP contribution in [0.25, 0.3) is 0 Å². The topological polar surface area (TPSA) is 154 Å². The summed E-state index contributed by atoms with van der Waals surface area (Å²) in [6.45, 7) is 6.40. The SMILES string of the molecule is [2H]C1([2H])C[C@@]2(C)[C@H](CC[C@@H]3[C@@H]2CC[C@]2(C)[C@@H]([C@H](C)CCC(=O)O)CC[C@@H]32)C([2H])([2H])[C@]1([2H])O[C@@H]1O[C@H](C(=O)O)[C@@H](O)[C@H](O)[C@H]1O. The third kappa shape index (κ3) is 5.05. The second-order valence-corrected chi connectivity index (χ2v) is 13.3. The second-order valence-electron chi connectivity index (χ2n) is 13.3. The van der Waals surface area contributed by atoms with Gasteiger partial charge in [0.25, 0.3) is 0 Å². The van der Waals surface area contributed by atoms with Crippen molar-refractivity contribution in [3.05, 3.63) is 0 Å². The lowest BCUT2D eigenvalue weighted by molar-refractivity contribution is -0.309. The van der Waals surface area contributed by atoms with E-state index in [0.29, 0.717) is 31.1 Å². The Balaban J connectivity index is 1.41. The monoisotopic (exact) mass is 557 g/mol. The number of aliphatic hydroxyl groups is 3. The molecule has 9 nitrogen and oxygen atoms in total. The maximum atomic E-state index is 11.6. The zero-order valence-corrected chi connectivity index (χ0v) is 23.1. The Hall–Kier alpha value is -1.26. The predicted molar refractivity (Wildman–Crippen MR) is 140 cm³/mol. The first kappa shape index (κ1) is 23.3. The van der Waals surface area contributed by atoms with E-state index < -0.39 is 72.8 Å². The second kappa shape index (κ2) is 10.9. The van der Waals surface area contributed by atoms with E-state index >= 15 is 0 Å². The van der Waals surface area contributed by atoms with Crippen molar-refractivity contribution in [2.75, 3.05) is 0 Å². The van der Waals surface area contributed by atoms with Gasteiger partial charge in [0.15, 0.2) is 12.4 Å². The molecule has 0 amide bonds. The van der Waals surface area contributed by atoms with E-state index in [9.17, 15) is 39.2 Å². The molecule has 1 aliphatic heterocycles. The van der Waals surface area contributed by atoms with Crippen LogP contribution in [0.3, 0.4) is 0 Å². The number of carbonyl (C=O) groups is 2. The van der Waals surface area contributed by atoms with Crippen LogP contribution in [0.5, 0.6) is 0 Å². The van der Waals surface area contributed by atoms with Gasteiger partial charge in [-0.3, -0.25) is 4.79 Å². The summed E-state index contributed by atoms with van der Waals surface area (Å²) in [5, 5.41) is 49.5. The highest BCUT2D eigenvalue weighted by molar-refractivity contribution is 5.73. The molecule has 5 aliphatic rings. The van der Waals surface area contributed by atoms with Gasteiger partial charge >= 0.3 is 11.9 Å². The van der Waals surface area contributed by atoms with Gasteiger partial charge in [-0.2, -0.15) is 0 Å². The summed E-state index contributed by atoms with van der Waals surface area (Å²) in [6, 6.07) is 0. The standard InChI is InChI=1S/C30H48O9/c1-15(4-9-22(31)32)19-7-8-20-18-6-5-16-14-17(10-12-29(16,2)21(18)11-13-30(19,20)3)38-28-25(35)23(33)24(34)26(39-28)27(36)37/h15-21,23-26,28,33-35H,4-14H2,1-3H3,(H,31,32)(H,36,37)/t15-,16-,17-,18+,19-,20+,21+,23+,24+,25-,26+,28-,29+,30-/m1/s1/i10D2,14D2,17D. The van der Waals surface area contributed by atoms with Crippen molar-refractivity contribution in [1.82, 2.24) is 0 Å². The van der Waals surface area contributed by atoms with Gasteiger partial charge in [0, 0.05) is 11.9 Å². The minimum atomic E-state index is -2.92. The van der Waals surface area contributed by atoms with Crippen LogP contribution >= 0.6 is 0 Å². The summed E-state index contributed by atoms with van der Waals surface area (Å²) >= 11 is 0. The van der Waals surface area contributed by atoms with Gasteiger partial charge in [-0.25, -0.2) is 4.79 Å². The van der Waals surface area contributed by atoms with E-state index in [1.165, 1.54) is 0 Å². The molecule has 0 radical (unpaired) electrons. The Morgan fingerprint density at radius 3 is 2.41 bits per heavy atom. The van der Waals surface area contributed by atoms with Crippen LogP contribution < -0.4 is 0 Å². The van der Waals surface area contributed by atoms with Gasteiger partial charge in [0.2, 0.25) is 0 Å². The summed E-state index contributed by atoms with van der Waals surface area (Å²) in [6.07, 6.45) is -12.9. The fourth-order valence-corrected chi connectivity index (χ4v) is 9.30. The van der Waals surface area contributed by atoms with Crippen LogP contribution in [0, 0.1) is 46.3 Å². The van der Waals surface area contributed by atoms with Gasteiger partial charge in [0.1, 0.15) is 18.3 Å². The molecule has 222 valence electrons. The molecule has 1 saturated heterocycles. The first-order valence-electron chi connectivity index (χ1n) is 17.0. The van der Waals surface area contributed by atoms with Crippen molar-refractivity contribution in [1.29, 1.82) is 0 Å². The molecule has 0 aromatic rings. The van der Waals surface area contributed by atoms with Crippen molar-refractivity contribution in [2.45, 2.75) is 128 Å². The van der Waals surface area contributed by atoms with E-state index in [1.54, 1.807) is 0 Å². The third-order valence-corrected chi connectivity index (χ3v) is 11.4. The Bertz CT molecular complexity index is 1140. The molecule has 1 heterocycles. The zero-order chi connectivity index (χ0) is 32.8. The van der Waals surface area contributed by atoms with E-state index in [0.717, 1.165) is 25.7 Å². The zero-order valence-electron chi connectivity index (χ0n) is 28.1. The Kier molecular flexibility index (Phi) is 6.49. The van der Waals surface area contributed by atoms with Crippen molar-refractivity contribution in [3.8, 4) is 0 Å². The molecular formula is C30H48O9. The average molecular weight is 558 g/mol. The number of carboxylic acids is 2. The van der Waals surface area contributed by atoms with E-state index in [4.69, 9.17) is 12.2 Å². The van der Waals surface area contributed by atoms with Crippen LogP contribution in [-0.2, 0) is 19.1 Å². The first-order chi connectivity index (χ1) is 20.2. The smallest absolute Gasteiger partial charge is 0.335 e. The molecule has 9 heteroatoms. The number of rotatable bonds is 7. The van der Waals surface area contributed by atoms with Crippen molar-refractivity contribution < 1.29 is 51.4 Å². The largest absolute Gasteiger partial charge is 0.481 e. The molecule has 0 aromatic heterocycles. The fourth-order valence-electron chi connectivity index (χ4n) is 9.30. The quantitative estimate of drug-likeness (QED) is 0.296. The number of aliphatic carboxylic acids is 2. The summed E-state index contributed by atoms with van der Waals surface area (Å²) in [4.78, 5) is 22.9. The van der Waals surface area contributed by atoms with Gasteiger partial charge in [0.05, 0.1) is 7.45 Å². The predicted octanol–water partition coefficient (Wildman–Crippen LogP) is 3.42. The van der Waals surface area contributed by atoms with E-state index in [2.05, 4.69) is 13.8 Å². The van der Waals surface area contributed by atoms with Gasteiger partial charge in [-0.1, -0.05) is 20.8 Å². The Morgan fingerprint density at radius 2 is 1.72 bits per heavy atom.